The van der Waals surface area contributed by atoms with E-state index in [0.717, 1.165) is 11.8 Å². The third-order valence-corrected chi connectivity index (χ3v) is 5.53. The Morgan fingerprint density at radius 1 is 1.22 bits per heavy atom. The minimum atomic E-state index is -0.522. The Kier molecular flexibility index (Phi) is 4.50. The summed E-state index contributed by atoms with van der Waals surface area (Å²) < 4.78 is 10.9. The number of fused-ring (bicyclic) bond motifs is 1. The Bertz CT molecular complexity index is 1040. The second-order valence-electron chi connectivity index (χ2n) is 5.52. The molecule has 2 heterocycles. The number of hydrogen-bond donors (Lipinski definition) is 0. The Morgan fingerprint density at radius 2 is 2.00 bits per heavy atom. The Hall–Kier alpha value is -2.62. The number of thiocarbonyl (C=S) groups is 1. The van der Waals surface area contributed by atoms with Crippen molar-refractivity contribution in [2.24, 2.45) is 0 Å². The molecule has 2 aromatic rings. The van der Waals surface area contributed by atoms with E-state index in [1.54, 1.807) is 18.2 Å². The maximum absolute atomic E-state index is 12.9. The molecule has 136 valence electrons. The number of carbonyl (C=O) groups excluding carboxylic acids is 1. The SMILES string of the molecule is O=C1/C(=C/c2cc([N+](=O)[O-])ccc2Cl)SC(=S)N1c1ccc2c(c1)OCO2. The number of carbonyl (C=O) groups is 1. The lowest BCUT2D eigenvalue weighted by Gasteiger charge is -2.14. The van der Waals surface area contributed by atoms with E-state index in [0.29, 0.717) is 37.0 Å². The number of rotatable bonds is 3. The van der Waals surface area contributed by atoms with Gasteiger partial charge < -0.3 is 9.47 Å². The van der Waals surface area contributed by atoms with E-state index >= 15 is 0 Å². The largest absolute Gasteiger partial charge is 0.454 e. The molecular weight excluding hydrogens is 412 g/mol. The van der Waals surface area contributed by atoms with Crippen LogP contribution in [-0.2, 0) is 4.79 Å². The first-order valence-electron chi connectivity index (χ1n) is 7.55. The standard InChI is InChI=1S/C17H9ClN2O5S2/c18-12-3-1-11(20(22)23)5-9(12)6-15-16(21)19(17(26)27-15)10-2-4-13-14(7-10)25-8-24-13/h1-7H,8H2/b15-6-. The van der Waals surface area contributed by atoms with E-state index in [9.17, 15) is 14.9 Å². The summed E-state index contributed by atoms with van der Waals surface area (Å²) in [5.74, 6) is 0.793. The zero-order valence-electron chi connectivity index (χ0n) is 13.4. The number of nitro benzene ring substituents is 1. The van der Waals surface area contributed by atoms with Crippen LogP contribution in [-0.4, -0.2) is 21.9 Å². The third-order valence-electron chi connectivity index (χ3n) is 3.89. The molecule has 0 saturated carbocycles. The summed E-state index contributed by atoms with van der Waals surface area (Å²) in [5, 5.41) is 11.3. The highest BCUT2D eigenvalue weighted by Crippen LogP contribution is 2.41. The summed E-state index contributed by atoms with van der Waals surface area (Å²) in [6.07, 6.45) is 1.50. The van der Waals surface area contributed by atoms with Crippen molar-refractivity contribution < 1.29 is 19.2 Å². The fourth-order valence-corrected chi connectivity index (χ4v) is 4.07. The van der Waals surface area contributed by atoms with Gasteiger partial charge in [-0.15, -0.1) is 0 Å². The van der Waals surface area contributed by atoms with Crippen LogP contribution in [0.15, 0.2) is 41.3 Å². The molecule has 4 rings (SSSR count). The first-order chi connectivity index (χ1) is 12.9. The van der Waals surface area contributed by atoms with Crippen LogP contribution in [0.1, 0.15) is 5.56 Å². The predicted octanol–water partition coefficient (Wildman–Crippen LogP) is 4.38. The van der Waals surface area contributed by atoms with Crippen molar-refractivity contribution in [2.45, 2.75) is 0 Å². The number of non-ortho nitro benzene ring substituents is 1. The van der Waals surface area contributed by atoms with Crippen LogP contribution in [0.2, 0.25) is 5.02 Å². The normalized spacial score (nSPS) is 17.1. The van der Waals surface area contributed by atoms with Crippen molar-refractivity contribution in [3.8, 4) is 11.5 Å². The molecule has 2 aromatic carbocycles. The molecule has 2 aliphatic heterocycles. The third kappa shape index (κ3) is 3.25. The summed E-state index contributed by atoms with van der Waals surface area (Å²) in [6.45, 7) is 0.127. The average Bonchev–Trinajstić information content (AvgIpc) is 3.20. The van der Waals surface area contributed by atoms with E-state index in [4.69, 9.17) is 33.3 Å². The molecule has 0 radical (unpaired) electrons. The van der Waals surface area contributed by atoms with E-state index in [1.165, 1.54) is 29.2 Å². The van der Waals surface area contributed by atoms with Gasteiger partial charge in [0.2, 0.25) is 6.79 Å². The number of anilines is 1. The lowest BCUT2D eigenvalue weighted by Crippen LogP contribution is -2.27. The monoisotopic (exact) mass is 420 g/mol. The van der Waals surface area contributed by atoms with Gasteiger partial charge in [0.05, 0.1) is 15.5 Å². The van der Waals surface area contributed by atoms with Crippen molar-refractivity contribution in [3.63, 3.8) is 0 Å². The highest BCUT2D eigenvalue weighted by Gasteiger charge is 2.34. The summed E-state index contributed by atoms with van der Waals surface area (Å²) in [7, 11) is 0. The van der Waals surface area contributed by atoms with E-state index in [-0.39, 0.29) is 18.4 Å². The zero-order valence-corrected chi connectivity index (χ0v) is 15.8. The van der Waals surface area contributed by atoms with Gasteiger partial charge in [-0.25, -0.2) is 0 Å². The summed E-state index contributed by atoms with van der Waals surface area (Å²) in [6, 6.07) is 9.13. The molecule has 1 fully saturated rings. The first-order valence-corrected chi connectivity index (χ1v) is 9.16. The number of nitrogens with zero attached hydrogens (tertiary/aromatic N) is 2. The lowest BCUT2D eigenvalue weighted by atomic mass is 10.2. The summed E-state index contributed by atoms with van der Waals surface area (Å²) in [4.78, 5) is 25.0. The second-order valence-corrected chi connectivity index (χ2v) is 7.60. The molecule has 0 aromatic heterocycles. The average molecular weight is 421 g/mol. The molecule has 0 atom stereocenters. The van der Waals surface area contributed by atoms with Crippen LogP contribution in [0.3, 0.4) is 0 Å². The predicted molar refractivity (Wildman–Crippen MR) is 106 cm³/mol. The van der Waals surface area contributed by atoms with Gasteiger partial charge in [0.15, 0.2) is 15.8 Å². The molecule has 1 saturated heterocycles. The number of benzene rings is 2. The Morgan fingerprint density at radius 3 is 2.78 bits per heavy atom. The lowest BCUT2D eigenvalue weighted by molar-refractivity contribution is -0.384. The van der Waals surface area contributed by atoms with Gasteiger partial charge in [0, 0.05) is 28.8 Å². The molecule has 27 heavy (non-hydrogen) atoms. The Balaban J connectivity index is 1.68. The van der Waals surface area contributed by atoms with E-state index < -0.39 is 4.92 Å². The van der Waals surface area contributed by atoms with Gasteiger partial charge in [-0.05, 0) is 24.3 Å². The smallest absolute Gasteiger partial charge is 0.270 e. The van der Waals surface area contributed by atoms with Crippen molar-refractivity contribution >= 4 is 63.3 Å². The van der Waals surface area contributed by atoms with Gasteiger partial charge in [0.1, 0.15) is 0 Å². The van der Waals surface area contributed by atoms with E-state index in [1.807, 2.05) is 0 Å². The fourth-order valence-electron chi connectivity index (χ4n) is 2.61. The molecule has 0 N–H and O–H groups in total. The van der Waals surface area contributed by atoms with Crippen LogP contribution in [0.25, 0.3) is 6.08 Å². The van der Waals surface area contributed by atoms with Crippen molar-refractivity contribution in [3.05, 3.63) is 62.0 Å². The summed E-state index contributed by atoms with van der Waals surface area (Å²) >= 11 is 12.5. The van der Waals surface area contributed by atoms with Gasteiger partial charge in [-0.1, -0.05) is 35.6 Å². The molecule has 2 aliphatic rings. The maximum atomic E-state index is 12.9. The summed E-state index contributed by atoms with van der Waals surface area (Å²) in [5.41, 5.74) is 0.809. The molecule has 0 aliphatic carbocycles. The number of hydrogen-bond acceptors (Lipinski definition) is 7. The van der Waals surface area contributed by atoms with Gasteiger partial charge in [-0.2, -0.15) is 0 Å². The highest BCUT2D eigenvalue weighted by molar-refractivity contribution is 8.27. The quantitative estimate of drug-likeness (QED) is 0.315. The van der Waals surface area contributed by atoms with Crippen LogP contribution in [0.4, 0.5) is 11.4 Å². The minimum Gasteiger partial charge on any atom is -0.454 e. The Labute approximate surface area is 167 Å². The number of thioether (sulfide) groups is 1. The second kappa shape index (κ2) is 6.84. The highest BCUT2D eigenvalue weighted by atomic mass is 35.5. The molecule has 0 unspecified atom stereocenters. The fraction of sp³-hybridized carbons (Fsp3) is 0.0588. The maximum Gasteiger partial charge on any atom is 0.270 e. The molecular formula is C17H9ClN2O5S2. The molecule has 1 amide bonds. The van der Waals surface area contributed by atoms with Gasteiger partial charge in [0.25, 0.3) is 11.6 Å². The number of nitro groups is 1. The minimum absolute atomic E-state index is 0.114. The first kappa shape index (κ1) is 17.8. The molecule has 7 nitrogen and oxygen atoms in total. The molecule has 0 bridgehead atoms. The topological polar surface area (TPSA) is 81.9 Å². The van der Waals surface area contributed by atoms with Crippen LogP contribution < -0.4 is 14.4 Å². The van der Waals surface area contributed by atoms with Crippen LogP contribution in [0, 0.1) is 10.1 Å². The number of halogens is 1. The number of ether oxygens (including phenoxy) is 2. The number of amides is 1. The zero-order chi connectivity index (χ0) is 19.1. The van der Waals surface area contributed by atoms with E-state index in [2.05, 4.69) is 0 Å². The van der Waals surface area contributed by atoms with Crippen molar-refractivity contribution in [1.82, 2.24) is 0 Å². The van der Waals surface area contributed by atoms with Crippen LogP contribution in [0.5, 0.6) is 11.5 Å². The van der Waals surface area contributed by atoms with Crippen LogP contribution >= 0.6 is 35.6 Å². The van der Waals surface area contributed by atoms with Gasteiger partial charge in [-0.3, -0.25) is 19.8 Å². The van der Waals surface area contributed by atoms with Crippen molar-refractivity contribution in [1.29, 1.82) is 0 Å². The van der Waals surface area contributed by atoms with Gasteiger partial charge >= 0.3 is 0 Å². The molecule has 0 spiro atoms. The van der Waals surface area contributed by atoms with Crippen molar-refractivity contribution in [2.75, 3.05) is 11.7 Å². The molecule has 10 heteroatoms.